The van der Waals surface area contributed by atoms with Crippen LogP contribution in [0.5, 0.6) is 0 Å². The number of para-hydroxylation sites is 1. The van der Waals surface area contributed by atoms with Crippen LogP contribution in [-0.4, -0.2) is 35.3 Å². The second kappa shape index (κ2) is 5.03. The molecule has 1 saturated heterocycles. The van der Waals surface area contributed by atoms with E-state index in [1.54, 1.807) is 5.01 Å². The summed E-state index contributed by atoms with van der Waals surface area (Å²) in [4.78, 5) is 26.0. The molecule has 0 spiro atoms. The lowest BCUT2D eigenvalue weighted by Gasteiger charge is -2.20. The molecule has 6 heteroatoms. The number of rotatable bonds is 4. The number of hydrogen-bond donors (Lipinski definition) is 0. The number of hydrogen-bond acceptors (Lipinski definition) is 5. The van der Waals surface area contributed by atoms with Crippen LogP contribution in [-0.2, 0) is 9.59 Å². The Hall–Kier alpha value is -2.24. The van der Waals surface area contributed by atoms with Crippen molar-refractivity contribution in [1.29, 1.82) is 0 Å². The normalized spacial score (nSPS) is 24.6. The Kier molecular flexibility index (Phi) is 3.22. The number of nitrogens with zero attached hydrogens (tertiary/aromatic N) is 4. The summed E-state index contributed by atoms with van der Waals surface area (Å²) in [5.41, 5.74) is 0.780. The average molecular weight is 272 g/mol. The van der Waals surface area contributed by atoms with Crippen molar-refractivity contribution in [2.45, 2.75) is 31.8 Å². The Labute approximate surface area is 117 Å². The van der Waals surface area contributed by atoms with Gasteiger partial charge in [0, 0.05) is 6.54 Å². The first-order valence-electron chi connectivity index (χ1n) is 6.84. The first-order chi connectivity index (χ1) is 9.74. The van der Waals surface area contributed by atoms with E-state index >= 15 is 0 Å². The van der Waals surface area contributed by atoms with Gasteiger partial charge in [0.15, 0.2) is 12.1 Å². The minimum Gasteiger partial charge on any atom is -0.279 e. The maximum absolute atomic E-state index is 12.4. The fourth-order valence-corrected chi connectivity index (χ4v) is 2.55. The molecule has 20 heavy (non-hydrogen) atoms. The summed E-state index contributed by atoms with van der Waals surface area (Å²) in [7, 11) is 0. The summed E-state index contributed by atoms with van der Waals surface area (Å²) in [5, 5.41) is 9.53. The number of carbonyl (C=O) groups is 2. The molecule has 0 unspecified atom stereocenters. The van der Waals surface area contributed by atoms with E-state index in [1.165, 1.54) is 4.90 Å². The summed E-state index contributed by atoms with van der Waals surface area (Å²) in [6, 6.07) is 8.05. The molecule has 6 nitrogen and oxygen atoms in total. The molecule has 1 aromatic rings. The molecule has 0 N–H and O–H groups in total. The second-order valence-corrected chi connectivity index (χ2v) is 4.96. The second-order valence-electron chi connectivity index (χ2n) is 4.96. The predicted molar refractivity (Wildman–Crippen MR) is 73.0 cm³/mol. The van der Waals surface area contributed by atoms with Gasteiger partial charge in [0.2, 0.25) is 0 Å². The van der Waals surface area contributed by atoms with Crippen LogP contribution >= 0.6 is 0 Å². The first-order valence-corrected chi connectivity index (χ1v) is 6.84. The smallest absolute Gasteiger partial charge is 0.258 e. The van der Waals surface area contributed by atoms with Crippen molar-refractivity contribution in [3.8, 4) is 0 Å². The fourth-order valence-electron chi connectivity index (χ4n) is 2.55. The van der Waals surface area contributed by atoms with Crippen LogP contribution in [0.4, 0.5) is 5.69 Å². The number of benzene rings is 1. The van der Waals surface area contributed by atoms with Gasteiger partial charge >= 0.3 is 0 Å². The minimum atomic E-state index is -0.681. The fraction of sp³-hybridized carbons (Fsp3) is 0.429. The van der Waals surface area contributed by atoms with E-state index in [9.17, 15) is 9.59 Å². The molecular formula is C14H16N4O2. The van der Waals surface area contributed by atoms with Crippen LogP contribution in [0.25, 0.3) is 0 Å². The third-order valence-corrected chi connectivity index (χ3v) is 3.63. The van der Waals surface area contributed by atoms with Gasteiger partial charge < -0.3 is 0 Å². The zero-order chi connectivity index (χ0) is 14.1. The lowest BCUT2D eigenvalue weighted by atomic mass is 10.1. The summed E-state index contributed by atoms with van der Waals surface area (Å²) in [6.07, 6.45) is 1.76. The van der Waals surface area contributed by atoms with E-state index < -0.39 is 12.1 Å². The van der Waals surface area contributed by atoms with Crippen LogP contribution in [0.1, 0.15) is 19.8 Å². The predicted octanol–water partition coefficient (Wildman–Crippen LogP) is 1.78. The van der Waals surface area contributed by atoms with Crippen LogP contribution in [0.15, 0.2) is 40.7 Å². The number of amides is 2. The Morgan fingerprint density at radius 3 is 2.60 bits per heavy atom. The third kappa shape index (κ3) is 1.88. The summed E-state index contributed by atoms with van der Waals surface area (Å²) < 4.78 is 0. The molecule has 2 amide bonds. The third-order valence-electron chi connectivity index (χ3n) is 3.63. The van der Waals surface area contributed by atoms with Crippen molar-refractivity contribution >= 4 is 17.5 Å². The Morgan fingerprint density at radius 1 is 1.15 bits per heavy atom. The van der Waals surface area contributed by atoms with Crippen molar-refractivity contribution in [1.82, 2.24) is 4.90 Å². The standard InChI is InChI=1S/C14H16N4O2/c1-2-3-9-17-13(19)11-12(14(17)20)18(16-15-11)10-7-5-4-6-8-10/h4-8,11-12H,2-3,9H2,1H3/t11-,12+/m1/s1. The molecule has 1 fully saturated rings. The average Bonchev–Trinajstić information content (AvgIpc) is 3.01. The largest absolute Gasteiger partial charge is 0.279 e. The molecule has 0 saturated carbocycles. The van der Waals surface area contributed by atoms with Crippen LogP contribution in [0, 0.1) is 0 Å². The minimum absolute atomic E-state index is 0.192. The number of imide groups is 1. The molecule has 0 bridgehead atoms. The monoisotopic (exact) mass is 272 g/mol. The van der Waals surface area contributed by atoms with Gasteiger partial charge in [-0.2, -0.15) is 5.11 Å². The molecule has 104 valence electrons. The van der Waals surface area contributed by atoms with Crippen molar-refractivity contribution in [3.63, 3.8) is 0 Å². The molecule has 3 rings (SSSR count). The van der Waals surface area contributed by atoms with Crippen molar-refractivity contribution in [3.05, 3.63) is 30.3 Å². The van der Waals surface area contributed by atoms with Gasteiger partial charge in [0.1, 0.15) is 0 Å². The number of anilines is 1. The number of likely N-dealkylation sites (tertiary alicyclic amines) is 1. The van der Waals surface area contributed by atoms with Gasteiger partial charge in [-0.3, -0.25) is 14.5 Å². The number of fused-ring (bicyclic) bond motifs is 1. The summed E-state index contributed by atoms with van der Waals surface area (Å²) >= 11 is 0. The number of carbonyl (C=O) groups excluding carboxylic acids is 2. The highest BCUT2D eigenvalue weighted by atomic mass is 16.2. The van der Waals surface area contributed by atoms with E-state index in [4.69, 9.17) is 0 Å². The molecule has 2 aliphatic heterocycles. The van der Waals surface area contributed by atoms with Gasteiger partial charge in [0.25, 0.3) is 11.8 Å². The highest BCUT2D eigenvalue weighted by molar-refractivity contribution is 6.11. The molecule has 2 aliphatic rings. The quantitative estimate of drug-likeness (QED) is 0.785. The SMILES string of the molecule is CCCCN1C(=O)[C@@H]2[C@@H](N=NN2c2ccccc2)C1=O. The Bertz CT molecular complexity index is 558. The van der Waals surface area contributed by atoms with E-state index in [-0.39, 0.29) is 11.8 Å². The Morgan fingerprint density at radius 2 is 1.90 bits per heavy atom. The zero-order valence-corrected chi connectivity index (χ0v) is 11.3. The van der Waals surface area contributed by atoms with E-state index in [0.29, 0.717) is 6.54 Å². The van der Waals surface area contributed by atoms with E-state index in [1.807, 2.05) is 37.3 Å². The first kappa shape index (κ1) is 12.8. The van der Waals surface area contributed by atoms with Crippen LogP contribution < -0.4 is 5.01 Å². The lowest BCUT2D eigenvalue weighted by molar-refractivity contribution is -0.139. The highest BCUT2D eigenvalue weighted by Gasteiger charge is 2.54. The maximum Gasteiger partial charge on any atom is 0.258 e. The molecular weight excluding hydrogens is 256 g/mol. The van der Waals surface area contributed by atoms with Crippen molar-refractivity contribution < 1.29 is 9.59 Å². The molecule has 2 heterocycles. The van der Waals surface area contributed by atoms with E-state index in [2.05, 4.69) is 10.3 Å². The molecule has 2 atom stereocenters. The van der Waals surface area contributed by atoms with Gasteiger partial charge in [-0.05, 0) is 18.6 Å². The summed E-state index contributed by atoms with van der Waals surface area (Å²) in [5.74, 6) is -0.419. The van der Waals surface area contributed by atoms with Gasteiger partial charge in [-0.15, -0.1) is 0 Å². The molecule has 0 radical (unpaired) electrons. The van der Waals surface area contributed by atoms with Crippen LogP contribution in [0.2, 0.25) is 0 Å². The lowest BCUT2D eigenvalue weighted by Crippen LogP contribution is -2.40. The van der Waals surface area contributed by atoms with E-state index in [0.717, 1.165) is 18.5 Å². The number of unbranched alkanes of at least 4 members (excludes halogenated alkanes) is 1. The van der Waals surface area contributed by atoms with Gasteiger partial charge in [0.05, 0.1) is 5.69 Å². The topological polar surface area (TPSA) is 65.3 Å². The molecule has 0 aliphatic carbocycles. The van der Waals surface area contributed by atoms with Gasteiger partial charge in [-0.25, -0.2) is 5.01 Å². The molecule has 0 aromatic heterocycles. The van der Waals surface area contributed by atoms with Crippen molar-refractivity contribution in [2.75, 3.05) is 11.6 Å². The summed E-state index contributed by atoms with van der Waals surface area (Å²) in [6.45, 7) is 2.50. The Balaban J connectivity index is 1.85. The van der Waals surface area contributed by atoms with Crippen LogP contribution in [0.3, 0.4) is 0 Å². The highest BCUT2D eigenvalue weighted by Crippen LogP contribution is 2.32. The molecule has 1 aromatic carbocycles. The maximum atomic E-state index is 12.4. The van der Waals surface area contributed by atoms with Gasteiger partial charge in [-0.1, -0.05) is 36.8 Å². The van der Waals surface area contributed by atoms with Crippen molar-refractivity contribution in [2.24, 2.45) is 10.3 Å². The zero-order valence-electron chi connectivity index (χ0n) is 11.3.